The van der Waals surface area contributed by atoms with Gasteiger partial charge in [0.05, 0.1) is 5.69 Å². The second-order valence-corrected chi connectivity index (χ2v) is 3.64. The van der Waals surface area contributed by atoms with E-state index in [1.54, 1.807) is 6.07 Å². The third-order valence-corrected chi connectivity index (χ3v) is 1.43. The second-order valence-electron chi connectivity index (χ2n) is 3.27. The molecule has 0 fully saturated rings. The zero-order valence-corrected chi connectivity index (χ0v) is 7.07. The van der Waals surface area contributed by atoms with Gasteiger partial charge in [-0.3, -0.25) is 0 Å². The molecule has 0 N–H and O–H groups in total. The van der Waals surface area contributed by atoms with Gasteiger partial charge in [0.25, 0.3) is 0 Å². The maximum atomic E-state index is 5.54. The van der Waals surface area contributed by atoms with Crippen LogP contribution in [0.5, 0.6) is 0 Å². The SMILES string of the molecule is CC(C)(C)c1cc(Cl)on1. The van der Waals surface area contributed by atoms with Crippen LogP contribution in [0.15, 0.2) is 10.6 Å². The first-order valence-electron chi connectivity index (χ1n) is 3.13. The summed E-state index contributed by atoms with van der Waals surface area (Å²) < 4.78 is 4.71. The number of nitrogens with zero attached hydrogens (tertiary/aromatic N) is 1. The molecule has 0 saturated heterocycles. The van der Waals surface area contributed by atoms with Gasteiger partial charge in [-0.2, -0.15) is 0 Å². The highest BCUT2D eigenvalue weighted by atomic mass is 35.5. The number of aromatic nitrogens is 1. The summed E-state index contributed by atoms with van der Waals surface area (Å²) in [6.07, 6.45) is 0. The van der Waals surface area contributed by atoms with Gasteiger partial charge in [0.15, 0.2) is 0 Å². The van der Waals surface area contributed by atoms with E-state index in [0.29, 0.717) is 5.22 Å². The Morgan fingerprint density at radius 1 is 1.50 bits per heavy atom. The highest BCUT2D eigenvalue weighted by Gasteiger charge is 2.17. The lowest BCUT2D eigenvalue weighted by molar-refractivity contribution is 0.394. The first-order valence-corrected chi connectivity index (χ1v) is 3.50. The maximum absolute atomic E-state index is 5.54. The zero-order valence-electron chi connectivity index (χ0n) is 6.31. The molecule has 1 aromatic rings. The Bertz CT molecular complexity index is 224. The van der Waals surface area contributed by atoms with Crippen LogP contribution in [0.25, 0.3) is 0 Å². The summed E-state index contributed by atoms with van der Waals surface area (Å²) in [5, 5.41) is 4.13. The highest BCUT2D eigenvalue weighted by molar-refractivity contribution is 6.28. The van der Waals surface area contributed by atoms with E-state index >= 15 is 0 Å². The molecule has 10 heavy (non-hydrogen) atoms. The Hall–Kier alpha value is -0.500. The molecular formula is C7H10ClNO. The van der Waals surface area contributed by atoms with Gasteiger partial charge in [0.2, 0.25) is 5.22 Å². The largest absolute Gasteiger partial charge is 0.344 e. The molecule has 0 unspecified atom stereocenters. The number of hydrogen-bond acceptors (Lipinski definition) is 2. The molecule has 0 amide bonds. The molecule has 0 atom stereocenters. The van der Waals surface area contributed by atoms with Crippen molar-refractivity contribution in [3.05, 3.63) is 17.0 Å². The lowest BCUT2D eigenvalue weighted by atomic mass is 9.93. The minimum Gasteiger partial charge on any atom is -0.344 e. The van der Waals surface area contributed by atoms with Crippen molar-refractivity contribution in [3.8, 4) is 0 Å². The third-order valence-electron chi connectivity index (χ3n) is 1.25. The Balaban J connectivity index is 2.96. The molecule has 3 heteroatoms. The van der Waals surface area contributed by atoms with Gasteiger partial charge in [0.1, 0.15) is 0 Å². The summed E-state index contributed by atoms with van der Waals surface area (Å²) >= 11 is 5.54. The van der Waals surface area contributed by atoms with Crippen molar-refractivity contribution >= 4 is 11.6 Å². The van der Waals surface area contributed by atoms with Gasteiger partial charge in [-0.25, -0.2) is 0 Å². The number of hydrogen-bond donors (Lipinski definition) is 0. The van der Waals surface area contributed by atoms with Crippen molar-refractivity contribution < 1.29 is 4.52 Å². The lowest BCUT2D eigenvalue weighted by Crippen LogP contribution is -2.10. The fourth-order valence-corrected chi connectivity index (χ4v) is 0.744. The Kier molecular flexibility index (Phi) is 1.73. The minimum atomic E-state index is 0.0244. The standard InChI is InChI=1S/C7H10ClNO/c1-7(2,3)5-4-6(8)10-9-5/h4H,1-3H3. The molecular weight excluding hydrogens is 150 g/mol. The summed E-state index contributed by atoms with van der Waals surface area (Å²) in [6, 6.07) is 1.74. The summed E-state index contributed by atoms with van der Waals surface area (Å²) in [7, 11) is 0. The van der Waals surface area contributed by atoms with Gasteiger partial charge in [-0.05, 0) is 11.6 Å². The van der Waals surface area contributed by atoms with E-state index in [9.17, 15) is 0 Å². The Morgan fingerprint density at radius 2 is 2.10 bits per heavy atom. The second kappa shape index (κ2) is 2.27. The van der Waals surface area contributed by atoms with Crippen molar-refractivity contribution in [2.24, 2.45) is 0 Å². The minimum absolute atomic E-state index is 0.0244. The van der Waals surface area contributed by atoms with E-state index < -0.39 is 0 Å². The van der Waals surface area contributed by atoms with Crippen LogP contribution >= 0.6 is 11.6 Å². The zero-order chi connectivity index (χ0) is 7.78. The average Bonchev–Trinajstić information content (AvgIpc) is 2.11. The Labute approximate surface area is 65.2 Å². The van der Waals surface area contributed by atoms with Gasteiger partial charge in [-0.1, -0.05) is 25.9 Å². The van der Waals surface area contributed by atoms with Crippen LogP contribution in [-0.2, 0) is 5.41 Å². The molecule has 0 spiro atoms. The van der Waals surface area contributed by atoms with Crippen molar-refractivity contribution in [3.63, 3.8) is 0 Å². The van der Waals surface area contributed by atoms with Crippen LogP contribution in [-0.4, -0.2) is 5.16 Å². The normalized spacial score (nSPS) is 12.0. The predicted octanol–water partition coefficient (Wildman–Crippen LogP) is 2.63. The van der Waals surface area contributed by atoms with Gasteiger partial charge in [0, 0.05) is 11.5 Å². The van der Waals surface area contributed by atoms with E-state index in [1.165, 1.54) is 0 Å². The topological polar surface area (TPSA) is 26.0 Å². The van der Waals surface area contributed by atoms with Crippen molar-refractivity contribution in [1.82, 2.24) is 5.16 Å². The van der Waals surface area contributed by atoms with Crippen molar-refractivity contribution in [2.75, 3.05) is 0 Å². The summed E-state index contributed by atoms with van der Waals surface area (Å²) in [5.74, 6) is 0. The molecule has 0 bridgehead atoms. The quantitative estimate of drug-likeness (QED) is 0.582. The van der Waals surface area contributed by atoms with E-state index in [0.717, 1.165) is 5.69 Å². The van der Waals surface area contributed by atoms with Crippen LogP contribution in [0, 0.1) is 0 Å². The Morgan fingerprint density at radius 3 is 2.30 bits per heavy atom. The lowest BCUT2D eigenvalue weighted by Gasteiger charge is -2.12. The maximum Gasteiger partial charge on any atom is 0.226 e. The highest BCUT2D eigenvalue weighted by Crippen LogP contribution is 2.23. The van der Waals surface area contributed by atoms with Crippen LogP contribution in [0.4, 0.5) is 0 Å². The van der Waals surface area contributed by atoms with Crippen LogP contribution in [0.1, 0.15) is 26.5 Å². The molecule has 1 aromatic heterocycles. The van der Waals surface area contributed by atoms with E-state index in [4.69, 9.17) is 16.1 Å². The first-order chi connectivity index (χ1) is 4.50. The first kappa shape index (κ1) is 7.61. The number of halogens is 1. The smallest absolute Gasteiger partial charge is 0.226 e. The van der Waals surface area contributed by atoms with Gasteiger partial charge >= 0.3 is 0 Å². The molecule has 0 radical (unpaired) electrons. The molecule has 56 valence electrons. The van der Waals surface area contributed by atoms with Crippen molar-refractivity contribution in [1.29, 1.82) is 0 Å². The molecule has 0 aromatic carbocycles. The molecule has 0 aliphatic rings. The predicted molar refractivity (Wildman–Crippen MR) is 40.2 cm³/mol. The molecule has 1 rings (SSSR count). The van der Waals surface area contributed by atoms with Crippen molar-refractivity contribution in [2.45, 2.75) is 26.2 Å². The summed E-state index contributed by atoms with van der Waals surface area (Å²) in [6.45, 7) is 6.17. The van der Waals surface area contributed by atoms with Gasteiger partial charge < -0.3 is 4.52 Å². The fraction of sp³-hybridized carbons (Fsp3) is 0.571. The monoisotopic (exact) mass is 159 g/mol. The summed E-state index contributed by atoms with van der Waals surface area (Å²) in [4.78, 5) is 0. The van der Waals surface area contributed by atoms with E-state index in [2.05, 4.69) is 25.9 Å². The molecule has 0 saturated carbocycles. The molecule has 0 aliphatic carbocycles. The molecule has 1 heterocycles. The van der Waals surface area contributed by atoms with Crippen LogP contribution < -0.4 is 0 Å². The molecule has 0 aliphatic heterocycles. The molecule has 2 nitrogen and oxygen atoms in total. The van der Waals surface area contributed by atoms with Gasteiger partial charge in [-0.15, -0.1) is 0 Å². The average molecular weight is 160 g/mol. The van der Waals surface area contributed by atoms with E-state index in [1.807, 2.05) is 0 Å². The summed E-state index contributed by atoms with van der Waals surface area (Å²) in [5.41, 5.74) is 0.911. The van der Waals surface area contributed by atoms with Crippen LogP contribution in [0.3, 0.4) is 0 Å². The number of rotatable bonds is 0. The third kappa shape index (κ3) is 1.51. The van der Waals surface area contributed by atoms with Crippen LogP contribution in [0.2, 0.25) is 5.22 Å². The van der Waals surface area contributed by atoms with E-state index in [-0.39, 0.29) is 5.41 Å². The fourth-order valence-electron chi connectivity index (χ4n) is 0.606.